The summed E-state index contributed by atoms with van der Waals surface area (Å²) in [5.41, 5.74) is -0.171. The van der Waals surface area contributed by atoms with Crippen LogP contribution in [-0.4, -0.2) is 28.6 Å². The van der Waals surface area contributed by atoms with Crippen molar-refractivity contribution < 1.29 is 9.53 Å². The number of nitrogens with one attached hydrogen (secondary N) is 2. The van der Waals surface area contributed by atoms with Gasteiger partial charge in [0.2, 0.25) is 0 Å². The Bertz CT molecular complexity index is 869. The number of para-hydroxylation sites is 1. The summed E-state index contributed by atoms with van der Waals surface area (Å²) in [5.74, 6) is 0.635. The molecule has 1 amide bonds. The summed E-state index contributed by atoms with van der Waals surface area (Å²) in [6.07, 6.45) is 2.88. The number of aromatic amines is 1. The van der Waals surface area contributed by atoms with Crippen LogP contribution in [0.5, 0.6) is 5.75 Å². The van der Waals surface area contributed by atoms with Gasteiger partial charge in [-0.15, -0.1) is 0 Å². The number of fused-ring (bicyclic) bond motifs is 1. The minimum Gasteiger partial charge on any atom is -0.493 e. The zero-order chi connectivity index (χ0) is 17.1. The molecule has 0 spiro atoms. The molecule has 1 aliphatic rings. The second-order valence-corrected chi connectivity index (χ2v) is 5.94. The molecule has 7 heteroatoms. The quantitative estimate of drug-likeness (QED) is 0.855. The third-order valence-electron chi connectivity index (χ3n) is 4.17. The molecule has 0 saturated carbocycles. The Morgan fingerprint density at radius 1 is 1.38 bits per heavy atom. The fourth-order valence-electron chi connectivity index (χ4n) is 2.79. The molecule has 0 fully saturated rings. The SMILES string of the molecule is Cn1cc(C(=O)NC[C@@H]2CCOc3ccccc3C2)c(=O)[nH]c1=O. The van der Waals surface area contributed by atoms with Gasteiger partial charge in [0.05, 0.1) is 6.61 Å². The van der Waals surface area contributed by atoms with Crippen LogP contribution in [0, 0.1) is 5.92 Å². The smallest absolute Gasteiger partial charge is 0.328 e. The van der Waals surface area contributed by atoms with E-state index in [4.69, 9.17) is 4.74 Å². The van der Waals surface area contributed by atoms with Crippen LogP contribution in [0.15, 0.2) is 40.1 Å². The van der Waals surface area contributed by atoms with Gasteiger partial charge in [0.25, 0.3) is 11.5 Å². The van der Waals surface area contributed by atoms with Crippen molar-refractivity contribution in [1.82, 2.24) is 14.9 Å². The number of carbonyl (C=O) groups is 1. The molecule has 1 atom stereocenters. The van der Waals surface area contributed by atoms with Gasteiger partial charge in [0, 0.05) is 19.8 Å². The van der Waals surface area contributed by atoms with Crippen LogP contribution in [0.2, 0.25) is 0 Å². The van der Waals surface area contributed by atoms with Crippen molar-refractivity contribution in [1.29, 1.82) is 0 Å². The van der Waals surface area contributed by atoms with Crippen molar-refractivity contribution in [3.63, 3.8) is 0 Å². The Morgan fingerprint density at radius 3 is 3.00 bits per heavy atom. The van der Waals surface area contributed by atoms with Gasteiger partial charge < -0.3 is 14.6 Å². The maximum absolute atomic E-state index is 12.2. The summed E-state index contributed by atoms with van der Waals surface area (Å²) < 4.78 is 6.89. The number of hydrogen-bond acceptors (Lipinski definition) is 4. The number of aryl methyl sites for hydroxylation is 1. The van der Waals surface area contributed by atoms with Crippen molar-refractivity contribution in [3.8, 4) is 5.75 Å². The average molecular weight is 329 g/mol. The largest absolute Gasteiger partial charge is 0.493 e. The van der Waals surface area contributed by atoms with Crippen LogP contribution in [0.4, 0.5) is 0 Å². The number of hydrogen-bond donors (Lipinski definition) is 2. The number of rotatable bonds is 3. The molecular weight excluding hydrogens is 310 g/mol. The number of carbonyl (C=O) groups excluding carboxylic acids is 1. The number of aromatic nitrogens is 2. The van der Waals surface area contributed by atoms with E-state index in [0.29, 0.717) is 13.2 Å². The van der Waals surface area contributed by atoms with E-state index in [1.54, 1.807) is 0 Å². The molecule has 0 unspecified atom stereocenters. The van der Waals surface area contributed by atoms with Gasteiger partial charge in [0.15, 0.2) is 0 Å². The topological polar surface area (TPSA) is 93.2 Å². The van der Waals surface area contributed by atoms with Gasteiger partial charge >= 0.3 is 5.69 Å². The van der Waals surface area contributed by atoms with Crippen LogP contribution in [0.25, 0.3) is 0 Å². The molecule has 2 N–H and O–H groups in total. The van der Waals surface area contributed by atoms with Crippen molar-refractivity contribution in [3.05, 3.63) is 62.4 Å². The molecule has 1 aromatic heterocycles. The van der Waals surface area contributed by atoms with Gasteiger partial charge in [-0.05, 0) is 30.4 Å². The zero-order valence-electron chi connectivity index (χ0n) is 13.4. The Morgan fingerprint density at radius 2 is 2.17 bits per heavy atom. The molecule has 2 heterocycles. The normalized spacial score (nSPS) is 16.6. The average Bonchev–Trinajstić information content (AvgIpc) is 2.77. The predicted octanol–water partition coefficient (Wildman–Crippen LogP) is 0.445. The number of amides is 1. The van der Waals surface area contributed by atoms with Crippen LogP contribution in [-0.2, 0) is 13.5 Å². The summed E-state index contributed by atoms with van der Waals surface area (Å²) in [6, 6.07) is 7.87. The highest BCUT2D eigenvalue weighted by atomic mass is 16.5. The lowest BCUT2D eigenvalue weighted by molar-refractivity contribution is 0.0943. The maximum Gasteiger partial charge on any atom is 0.328 e. The first kappa shape index (κ1) is 16.0. The van der Waals surface area contributed by atoms with Gasteiger partial charge in [-0.2, -0.15) is 0 Å². The maximum atomic E-state index is 12.2. The number of benzene rings is 1. The number of nitrogens with zero attached hydrogens (tertiary/aromatic N) is 1. The zero-order valence-corrected chi connectivity index (χ0v) is 13.4. The fourth-order valence-corrected chi connectivity index (χ4v) is 2.79. The molecule has 1 aliphatic heterocycles. The van der Waals surface area contributed by atoms with E-state index < -0.39 is 17.2 Å². The standard InChI is InChI=1S/C17H19N3O4/c1-20-10-13(16(22)19-17(20)23)15(21)18-9-11-6-7-24-14-5-3-2-4-12(14)8-11/h2-5,10-11H,6-9H2,1H3,(H,18,21)(H,19,22,23)/t11-/m1/s1. The summed E-state index contributed by atoms with van der Waals surface area (Å²) in [4.78, 5) is 37.4. The molecule has 1 aromatic carbocycles. The first-order chi connectivity index (χ1) is 11.5. The lowest BCUT2D eigenvalue weighted by Gasteiger charge is -2.14. The summed E-state index contributed by atoms with van der Waals surface area (Å²) in [6.45, 7) is 1.04. The van der Waals surface area contributed by atoms with Crippen LogP contribution in [0.1, 0.15) is 22.3 Å². The highest BCUT2D eigenvalue weighted by Gasteiger charge is 2.19. The summed E-state index contributed by atoms with van der Waals surface area (Å²) in [7, 11) is 1.48. The van der Waals surface area contributed by atoms with Crippen LogP contribution < -0.4 is 21.3 Å². The first-order valence-corrected chi connectivity index (χ1v) is 7.83. The van der Waals surface area contributed by atoms with E-state index >= 15 is 0 Å². The van der Waals surface area contributed by atoms with Gasteiger partial charge in [-0.1, -0.05) is 18.2 Å². The third kappa shape index (κ3) is 3.40. The van der Waals surface area contributed by atoms with E-state index in [1.807, 2.05) is 24.3 Å². The highest BCUT2D eigenvalue weighted by Crippen LogP contribution is 2.26. The highest BCUT2D eigenvalue weighted by molar-refractivity contribution is 5.93. The Balaban J connectivity index is 1.68. The van der Waals surface area contributed by atoms with Crippen molar-refractivity contribution in [2.24, 2.45) is 13.0 Å². The summed E-state index contributed by atoms with van der Waals surface area (Å²) in [5, 5.41) is 2.78. The van der Waals surface area contributed by atoms with Crippen molar-refractivity contribution >= 4 is 5.91 Å². The minimum absolute atomic E-state index is 0.0672. The van der Waals surface area contributed by atoms with Crippen molar-refractivity contribution in [2.75, 3.05) is 13.2 Å². The Kier molecular flexibility index (Phi) is 4.50. The van der Waals surface area contributed by atoms with E-state index in [1.165, 1.54) is 17.8 Å². The molecule has 0 bridgehead atoms. The molecule has 7 nitrogen and oxygen atoms in total. The van der Waals surface area contributed by atoms with Gasteiger partial charge in [-0.3, -0.25) is 14.6 Å². The van der Waals surface area contributed by atoms with E-state index in [0.717, 1.165) is 24.2 Å². The molecule has 24 heavy (non-hydrogen) atoms. The number of ether oxygens (including phenoxy) is 1. The Labute approximate surface area is 138 Å². The first-order valence-electron chi connectivity index (χ1n) is 7.83. The predicted molar refractivity (Wildman–Crippen MR) is 88.4 cm³/mol. The molecule has 0 radical (unpaired) electrons. The molecule has 2 aromatic rings. The van der Waals surface area contributed by atoms with Crippen LogP contribution in [0.3, 0.4) is 0 Å². The number of H-pyrrole nitrogens is 1. The molecule has 126 valence electrons. The second-order valence-electron chi connectivity index (χ2n) is 5.94. The van der Waals surface area contributed by atoms with E-state index in [2.05, 4.69) is 10.3 Å². The lowest BCUT2D eigenvalue weighted by atomic mass is 9.97. The van der Waals surface area contributed by atoms with Gasteiger partial charge in [-0.25, -0.2) is 4.79 Å². The molecule has 3 rings (SSSR count). The van der Waals surface area contributed by atoms with Crippen molar-refractivity contribution in [2.45, 2.75) is 12.8 Å². The van der Waals surface area contributed by atoms with E-state index in [9.17, 15) is 14.4 Å². The Hall–Kier alpha value is -2.83. The van der Waals surface area contributed by atoms with E-state index in [-0.39, 0.29) is 11.5 Å². The molecule has 0 aliphatic carbocycles. The fraction of sp³-hybridized carbons (Fsp3) is 0.353. The monoisotopic (exact) mass is 329 g/mol. The molecule has 0 saturated heterocycles. The lowest BCUT2D eigenvalue weighted by Crippen LogP contribution is -2.38. The van der Waals surface area contributed by atoms with Crippen LogP contribution >= 0.6 is 0 Å². The summed E-state index contributed by atoms with van der Waals surface area (Å²) >= 11 is 0. The second kappa shape index (κ2) is 6.74. The third-order valence-corrected chi connectivity index (χ3v) is 4.17. The molecular formula is C17H19N3O4. The van der Waals surface area contributed by atoms with Gasteiger partial charge in [0.1, 0.15) is 11.3 Å². The minimum atomic E-state index is -0.676.